The van der Waals surface area contributed by atoms with Crippen LogP contribution in [0.3, 0.4) is 0 Å². The summed E-state index contributed by atoms with van der Waals surface area (Å²) in [6, 6.07) is 5.68. The second-order valence-electron chi connectivity index (χ2n) is 8.04. The Labute approximate surface area is 186 Å². The van der Waals surface area contributed by atoms with E-state index in [-0.39, 0.29) is 24.7 Å². The van der Waals surface area contributed by atoms with Crippen LogP contribution in [0.1, 0.15) is 43.9 Å². The number of benzene rings is 1. The molecule has 1 aromatic carbocycles. The van der Waals surface area contributed by atoms with Gasteiger partial charge in [-0.25, -0.2) is 27.1 Å². The highest BCUT2D eigenvalue weighted by atomic mass is 32.2. The van der Waals surface area contributed by atoms with Gasteiger partial charge in [0.25, 0.3) is 0 Å². The molecule has 32 heavy (non-hydrogen) atoms. The minimum Gasteiger partial charge on any atom is -0.458 e. The second-order valence-corrected chi connectivity index (χ2v) is 10.1. The van der Waals surface area contributed by atoms with Gasteiger partial charge in [0.15, 0.2) is 0 Å². The van der Waals surface area contributed by atoms with E-state index in [2.05, 4.69) is 9.97 Å². The number of nitrogens with zero attached hydrogens (tertiary/aromatic N) is 3. The van der Waals surface area contributed by atoms with Crippen LogP contribution < -0.4 is 4.31 Å². The van der Waals surface area contributed by atoms with E-state index in [0.717, 1.165) is 10.6 Å². The Balaban J connectivity index is 2.17. The number of ether oxygens (including phenoxy) is 1. The zero-order chi connectivity index (χ0) is 23.6. The van der Waals surface area contributed by atoms with Crippen molar-refractivity contribution in [2.75, 3.05) is 17.6 Å². The molecule has 1 aliphatic heterocycles. The van der Waals surface area contributed by atoms with Crippen LogP contribution in [0.15, 0.2) is 30.3 Å². The zero-order valence-corrected chi connectivity index (χ0v) is 19.1. The normalized spacial score (nSPS) is 19.4. The molecule has 1 N–H and O–H groups in total. The van der Waals surface area contributed by atoms with Crippen LogP contribution in [0.2, 0.25) is 0 Å². The van der Waals surface area contributed by atoms with E-state index in [1.807, 2.05) is 13.8 Å². The molecule has 2 atom stereocenters. The van der Waals surface area contributed by atoms with Crippen molar-refractivity contribution in [1.82, 2.24) is 9.97 Å². The maximum Gasteiger partial charge on any atom is 0.309 e. The molecule has 1 fully saturated rings. The fraction of sp³-hybridized carbons (Fsp3) is 0.409. The Hall–Kier alpha value is -2.85. The van der Waals surface area contributed by atoms with Crippen molar-refractivity contribution in [2.45, 2.75) is 44.8 Å². The molecule has 1 saturated heterocycles. The lowest BCUT2D eigenvalue weighted by molar-refractivity contribution is -0.156. The number of aliphatic hydroxyl groups is 1. The predicted octanol–water partition coefficient (Wildman–Crippen LogP) is 2.88. The summed E-state index contributed by atoms with van der Waals surface area (Å²) in [6.45, 7) is 3.81. The van der Waals surface area contributed by atoms with Gasteiger partial charge in [-0.05, 0) is 36.3 Å². The third-order valence-corrected chi connectivity index (χ3v) is 6.23. The van der Waals surface area contributed by atoms with Crippen LogP contribution in [0.25, 0.3) is 17.3 Å². The quantitative estimate of drug-likeness (QED) is 0.656. The van der Waals surface area contributed by atoms with Crippen LogP contribution in [0, 0.1) is 5.82 Å². The number of rotatable bonds is 6. The third-order valence-electron chi connectivity index (χ3n) is 5.07. The molecule has 3 rings (SSSR count). The van der Waals surface area contributed by atoms with Gasteiger partial charge in [-0.3, -0.25) is 4.79 Å². The maximum absolute atomic E-state index is 13.5. The number of sulfonamides is 1. The number of aliphatic hydroxyl groups excluding tert-OH is 1. The Kier molecular flexibility index (Phi) is 6.94. The van der Waals surface area contributed by atoms with Gasteiger partial charge in [0.05, 0.1) is 30.2 Å². The fourth-order valence-corrected chi connectivity index (χ4v) is 3.70. The number of aromatic nitrogens is 2. The van der Waals surface area contributed by atoms with Gasteiger partial charge >= 0.3 is 5.97 Å². The number of hydrogen-bond donors (Lipinski definition) is 1. The van der Waals surface area contributed by atoms with Gasteiger partial charge in [0.1, 0.15) is 11.9 Å². The summed E-state index contributed by atoms with van der Waals surface area (Å²) in [5, 5.41) is 9.86. The Morgan fingerprint density at radius 3 is 2.47 bits per heavy atom. The van der Waals surface area contributed by atoms with E-state index in [1.54, 1.807) is 24.3 Å². The Bertz CT molecular complexity index is 1130. The molecule has 2 aromatic rings. The van der Waals surface area contributed by atoms with Crippen molar-refractivity contribution in [1.29, 1.82) is 0 Å². The summed E-state index contributed by atoms with van der Waals surface area (Å²) in [6.07, 6.45) is 3.23. The number of cyclic esters (lactones) is 1. The molecule has 8 nitrogen and oxygen atoms in total. The summed E-state index contributed by atoms with van der Waals surface area (Å²) in [7, 11) is -2.25. The Morgan fingerprint density at radius 1 is 1.25 bits per heavy atom. The van der Waals surface area contributed by atoms with Crippen LogP contribution in [0.5, 0.6) is 0 Å². The van der Waals surface area contributed by atoms with Crippen molar-refractivity contribution >= 4 is 28.0 Å². The van der Waals surface area contributed by atoms with Gasteiger partial charge in [-0.1, -0.05) is 19.9 Å². The van der Waals surface area contributed by atoms with Crippen molar-refractivity contribution in [2.24, 2.45) is 0 Å². The van der Waals surface area contributed by atoms with Crippen molar-refractivity contribution < 1.29 is 27.4 Å². The number of carbonyl (C=O) groups is 1. The van der Waals surface area contributed by atoms with Gasteiger partial charge in [0.2, 0.25) is 16.0 Å². The summed E-state index contributed by atoms with van der Waals surface area (Å²) < 4.78 is 44.0. The lowest BCUT2D eigenvalue weighted by atomic mass is 9.97. The van der Waals surface area contributed by atoms with E-state index in [4.69, 9.17) is 4.74 Å². The van der Waals surface area contributed by atoms with Crippen LogP contribution in [-0.2, 0) is 19.6 Å². The first-order chi connectivity index (χ1) is 15.0. The van der Waals surface area contributed by atoms with Gasteiger partial charge in [-0.15, -0.1) is 0 Å². The molecule has 0 bridgehead atoms. The molecular weight excluding hydrogens is 437 g/mol. The minimum atomic E-state index is -3.61. The molecule has 1 aromatic heterocycles. The largest absolute Gasteiger partial charge is 0.458 e. The summed E-state index contributed by atoms with van der Waals surface area (Å²) in [5.74, 6) is -1.02. The number of hydrogen-bond acceptors (Lipinski definition) is 7. The lowest BCUT2D eigenvalue weighted by Gasteiger charge is -2.24. The lowest BCUT2D eigenvalue weighted by Crippen LogP contribution is -2.31. The van der Waals surface area contributed by atoms with Crippen LogP contribution in [0.4, 0.5) is 10.3 Å². The smallest absolute Gasteiger partial charge is 0.309 e. The average Bonchev–Trinajstić information content (AvgIpc) is 2.70. The van der Waals surface area contributed by atoms with E-state index in [1.165, 1.54) is 19.2 Å². The molecular formula is C22H26FN3O5S. The third kappa shape index (κ3) is 5.49. The number of anilines is 1. The van der Waals surface area contributed by atoms with E-state index in [0.29, 0.717) is 22.5 Å². The highest BCUT2D eigenvalue weighted by Gasteiger charge is 2.26. The molecule has 172 valence electrons. The van der Waals surface area contributed by atoms with Crippen molar-refractivity contribution in [3.8, 4) is 11.3 Å². The topological polar surface area (TPSA) is 110 Å². The SMILES string of the molecule is CC(C)c1nc(N(C)S(C)(=O)=O)nc(-c2ccc(F)cc2)c1C=C[C@H]1C[C@@H](O)CC(=O)O1. The van der Waals surface area contributed by atoms with Gasteiger partial charge in [-0.2, -0.15) is 0 Å². The molecule has 0 saturated carbocycles. The van der Waals surface area contributed by atoms with E-state index in [9.17, 15) is 22.7 Å². The summed E-state index contributed by atoms with van der Waals surface area (Å²) >= 11 is 0. The average molecular weight is 464 g/mol. The molecule has 0 radical (unpaired) electrons. The number of carbonyl (C=O) groups excluding carboxylic acids is 1. The number of esters is 1. The molecule has 0 amide bonds. The zero-order valence-electron chi connectivity index (χ0n) is 18.3. The molecule has 0 unspecified atom stereocenters. The first kappa shape index (κ1) is 23.8. The molecule has 1 aliphatic rings. The summed E-state index contributed by atoms with van der Waals surface area (Å²) in [5.41, 5.74) is 2.14. The van der Waals surface area contributed by atoms with Gasteiger partial charge < -0.3 is 9.84 Å². The summed E-state index contributed by atoms with van der Waals surface area (Å²) in [4.78, 5) is 20.6. The minimum absolute atomic E-state index is 0.00723. The van der Waals surface area contributed by atoms with Crippen molar-refractivity contribution in [3.05, 3.63) is 47.4 Å². The Morgan fingerprint density at radius 2 is 1.91 bits per heavy atom. The van der Waals surface area contributed by atoms with Crippen molar-refractivity contribution in [3.63, 3.8) is 0 Å². The first-order valence-corrected chi connectivity index (χ1v) is 12.0. The maximum atomic E-state index is 13.5. The highest BCUT2D eigenvalue weighted by Crippen LogP contribution is 2.32. The van der Waals surface area contributed by atoms with E-state index >= 15 is 0 Å². The second kappa shape index (κ2) is 9.33. The highest BCUT2D eigenvalue weighted by molar-refractivity contribution is 7.92. The fourth-order valence-electron chi connectivity index (χ4n) is 3.33. The monoisotopic (exact) mass is 463 g/mol. The van der Waals surface area contributed by atoms with Crippen LogP contribution in [-0.4, -0.2) is 55.0 Å². The standard InChI is InChI=1S/C22H26FN3O5S/c1-13(2)20-18(10-9-17-11-16(27)12-19(28)31-17)21(14-5-7-15(23)8-6-14)25-22(24-20)26(3)32(4,29)30/h5-10,13,16-17,27H,11-12H2,1-4H3/t16-,17+/m1/s1. The number of halogens is 1. The van der Waals surface area contributed by atoms with Gasteiger partial charge in [0, 0.05) is 24.6 Å². The van der Waals surface area contributed by atoms with E-state index < -0.39 is 34.0 Å². The van der Waals surface area contributed by atoms with Crippen LogP contribution >= 0.6 is 0 Å². The molecule has 0 aliphatic carbocycles. The molecule has 2 heterocycles. The molecule has 0 spiro atoms. The predicted molar refractivity (Wildman–Crippen MR) is 119 cm³/mol. The first-order valence-electron chi connectivity index (χ1n) is 10.1. The molecule has 10 heteroatoms.